The van der Waals surface area contributed by atoms with Crippen LogP contribution < -0.4 is 0 Å². The Bertz CT molecular complexity index is 397. The summed E-state index contributed by atoms with van der Waals surface area (Å²) in [7, 11) is -1.46. The molecule has 0 radical (unpaired) electrons. The molecule has 0 saturated carbocycles. The molecule has 2 nitrogen and oxygen atoms in total. The molecule has 0 fully saturated rings. The Labute approximate surface area is 106 Å². The van der Waals surface area contributed by atoms with Gasteiger partial charge in [-0.15, -0.1) is 0 Å². The van der Waals surface area contributed by atoms with Crippen molar-refractivity contribution >= 4 is 8.07 Å². The summed E-state index contributed by atoms with van der Waals surface area (Å²) in [6.45, 7) is 12.3. The minimum Gasteiger partial charge on any atom is -0.198 e. The van der Waals surface area contributed by atoms with E-state index in [0.717, 1.165) is 0 Å². The summed E-state index contributed by atoms with van der Waals surface area (Å²) in [6.07, 6.45) is 6.05. The van der Waals surface area contributed by atoms with E-state index in [0.29, 0.717) is 0 Å². The van der Waals surface area contributed by atoms with Crippen molar-refractivity contribution in [2.75, 3.05) is 0 Å². The summed E-state index contributed by atoms with van der Waals surface area (Å²) >= 11 is 0. The lowest BCUT2D eigenvalue weighted by molar-refractivity contribution is 0.423. The molecule has 0 aromatic carbocycles. The molecule has 0 aliphatic heterocycles. The number of nitriles is 2. The van der Waals surface area contributed by atoms with Crippen molar-refractivity contribution in [3.05, 3.63) is 23.4 Å². The first-order chi connectivity index (χ1) is 7.69. The zero-order valence-electron chi connectivity index (χ0n) is 11.7. The molecule has 0 spiro atoms. The van der Waals surface area contributed by atoms with Gasteiger partial charge in [-0.05, 0) is 20.8 Å². The van der Waals surface area contributed by atoms with Crippen LogP contribution in [0.25, 0.3) is 0 Å². The van der Waals surface area contributed by atoms with Gasteiger partial charge in [0.05, 0.1) is 31.5 Å². The van der Waals surface area contributed by atoms with Gasteiger partial charge in [0.15, 0.2) is 0 Å². The molecule has 1 atom stereocenters. The lowest BCUT2D eigenvalue weighted by Gasteiger charge is -2.24. The van der Waals surface area contributed by atoms with Crippen LogP contribution in [0, 0.1) is 34.0 Å². The van der Waals surface area contributed by atoms with Crippen molar-refractivity contribution in [3.8, 4) is 12.1 Å². The number of hydrogen-bond acceptors (Lipinski definition) is 2. The molecule has 1 unspecified atom stereocenters. The van der Waals surface area contributed by atoms with E-state index in [4.69, 9.17) is 5.26 Å². The monoisotopic (exact) mass is 246 g/mol. The van der Waals surface area contributed by atoms with E-state index in [9.17, 15) is 5.26 Å². The highest BCUT2D eigenvalue weighted by molar-refractivity contribution is 6.83. The normalized spacial score (nSPS) is 15.4. The lowest BCUT2D eigenvalue weighted by Crippen LogP contribution is -2.26. The van der Waals surface area contributed by atoms with E-state index in [1.807, 2.05) is 32.9 Å². The van der Waals surface area contributed by atoms with Crippen LogP contribution in [-0.4, -0.2) is 8.07 Å². The van der Waals surface area contributed by atoms with E-state index >= 15 is 0 Å². The third-order valence-electron chi connectivity index (χ3n) is 2.76. The predicted molar refractivity (Wildman–Crippen MR) is 74.7 cm³/mol. The SMILES string of the molecule is C/C=C/C(=C\C(C#N)C(C)(C)C#N)[Si](C)(C)C. The van der Waals surface area contributed by atoms with E-state index < -0.39 is 13.5 Å². The zero-order chi connectivity index (χ0) is 13.7. The molecule has 92 valence electrons. The van der Waals surface area contributed by atoms with E-state index in [-0.39, 0.29) is 5.92 Å². The van der Waals surface area contributed by atoms with E-state index in [2.05, 4.69) is 37.9 Å². The van der Waals surface area contributed by atoms with Gasteiger partial charge in [-0.1, -0.05) is 43.1 Å². The average molecular weight is 246 g/mol. The van der Waals surface area contributed by atoms with Gasteiger partial charge in [-0.3, -0.25) is 0 Å². The molecule has 0 aliphatic carbocycles. The van der Waals surface area contributed by atoms with Crippen molar-refractivity contribution in [2.45, 2.75) is 40.4 Å². The molecule has 0 N–H and O–H groups in total. The second kappa shape index (κ2) is 5.84. The molecule has 3 heteroatoms. The Morgan fingerprint density at radius 1 is 1.24 bits per heavy atom. The van der Waals surface area contributed by atoms with Gasteiger partial charge in [-0.2, -0.15) is 10.5 Å². The van der Waals surface area contributed by atoms with Gasteiger partial charge in [0.1, 0.15) is 0 Å². The van der Waals surface area contributed by atoms with Gasteiger partial charge in [0.25, 0.3) is 0 Å². The smallest absolute Gasteiger partial charge is 0.0826 e. The van der Waals surface area contributed by atoms with E-state index in [1.165, 1.54) is 5.20 Å². The van der Waals surface area contributed by atoms with Gasteiger partial charge >= 0.3 is 0 Å². The summed E-state index contributed by atoms with van der Waals surface area (Å²) in [4.78, 5) is 0. The molecule has 0 bridgehead atoms. The molecule has 0 amide bonds. The van der Waals surface area contributed by atoms with Gasteiger partial charge in [0, 0.05) is 0 Å². The summed E-state index contributed by atoms with van der Waals surface area (Å²) in [5.74, 6) is -0.356. The molecule has 0 rings (SSSR count). The van der Waals surface area contributed by atoms with Crippen LogP contribution >= 0.6 is 0 Å². The third kappa shape index (κ3) is 4.59. The molecule has 17 heavy (non-hydrogen) atoms. The fourth-order valence-corrected chi connectivity index (χ4v) is 2.72. The lowest BCUT2D eigenvalue weighted by atomic mass is 9.81. The van der Waals surface area contributed by atoms with Gasteiger partial charge in [0.2, 0.25) is 0 Å². The highest BCUT2D eigenvalue weighted by Crippen LogP contribution is 2.29. The predicted octanol–water partition coefficient (Wildman–Crippen LogP) is 4.06. The largest absolute Gasteiger partial charge is 0.198 e. The van der Waals surface area contributed by atoms with Gasteiger partial charge < -0.3 is 0 Å². The van der Waals surface area contributed by atoms with Crippen LogP contribution in [0.1, 0.15) is 20.8 Å². The number of nitrogens with zero attached hydrogens (tertiary/aromatic N) is 2. The Morgan fingerprint density at radius 3 is 2.06 bits per heavy atom. The Hall–Kier alpha value is -1.32. The van der Waals surface area contributed by atoms with Crippen molar-refractivity contribution in [1.82, 2.24) is 0 Å². The first kappa shape index (κ1) is 15.7. The molecular weight excluding hydrogens is 224 g/mol. The maximum Gasteiger partial charge on any atom is 0.0826 e. The van der Waals surface area contributed by atoms with Gasteiger partial charge in [-0.25, -0.2) is 0 Å². The molecule has 0 saturated heterocycles. The summed E-state index contributed by atoms with van der Waals surface area (Å²) in [6, 6.07) is 4.46. The molecule has 0 heterocycles. The average Bonchev–Trinajstić information content (AvgIpc) is 2.22. The standard InChI is InChI=1S/C14H22N2Si/c1-7-8-13(17(4,5)6)9-12(10-15)14(2,3)11-16/h7-9,12H,1-6H3/b8-7+,13-9+. The molecule has 0 aromatic rings. The first-order valence-electron chi connectivity index (χ1n) is 5.85. The minimum atomic E-state index is -1.46. The Morgan fingerprint density at radius 2 is 1.76 bits per heavy atom. The topological polar surface area (TPSA) is 47.6 Å². The van der Waals surface area contributed by atoms with Crippen molar-refractivity contribution < 1.29 is 0 Å². The van der Waals surface area contributed by atoms with Crippen molar-refractivity contribution in [1.29, 1.82) is 10.5 Å². The molecule has 0 aromatic heterocycles. The summed E-state index contributed by atoms with van der Waals surface area (Å²) < 4.78 is 0. The van der Waals surface area contributed by atoms with Crippen LogP contribution in [0.3, 0.4) is 0 Å². The molecule has 0 aliphatic rings. The highest BCUT2D eigenvalue weighted by Gasteiger charge is 2.29. The van der Waals surface area contributed by atoms with Crippen molar-refractivity contribution in [2.24, 2.45) is 11.3 Å². The number of allylic oxidation sites excluding steroid dienone is 4. The summed E-state index contributed by atoms with van der Waals surface area (Å²) in [5.41, 5.74) is -0.638. The fourth-order valence-electron chi connectivity index (χ4n) is 1.39. The second-order valence-corrected chi connectivity index (χ2v) is 10.9. The summed E-state index contributed by atoms with van der Waals surface area (Å²) in [5, 5.41) is 19.6. The fraction of sp³-hybridized carbons (Fsp3) is 0.571. The van der Waals surface area contributed by atoms with Crippen LogP contribution in [0.5, 0.6) is 0 Å². The van der Waals surface area contributed by atoms with Crippen LogP contribution in [-0.2, 0) is 0 Å². The Balaban J connectivity index is 5.48. The van der Waals surface area contributed by atoms with Crippen LogP contribution in [0.15, 0.2) is 23.4 Å². The van der Waals surface area contributed by atoms with Crippen molar-refractivity contribution in [3.63, 3.8) is 0 Å². The second-order valence-electron chi connectivity index (χ2n) is 5.81. The first-order valence-corrected chi connectivity index (χ1v) is 9.35. The van der Waals surface area contributed by atoms with Crippen LogP contribution in [0.4, 0.5) is 0 Å². The maximum absolute atomic E-state index is 9.22. The minimum absolute atomic E-state index is 0.356. The Kier molecular flexibility index (Phi) is 5.39. The van der Waals surface area contributed by atoms with E-state index in [1.54, 1.807) is 0 Å². The highest BCUT2D eigenvalue weighted by atomic mass is 28.3. The third-order valence-corrected chi connectivity index (χ3v) is 4.83. The number of rotatable bonds is 4. The zero-order valence-corrected chi connectivity index (χ0v) is 12.7. The number of hydrogen-bond donors (Lipinski definition) is 0. The van der Waals surface area contributed by atoms with Crippen LogP contribution in [0.2, 0.25) is 19.6 Å². The maximum atomic E-state index is 9.22. The quantitative estimate of drug-likeness (QED) is 0.555. The molecular formula is C14H22N2Si.